The Bertz CT molecular complexity index is 206. The summed E-state index contributed by atoms with van der Waals surface area (Å²) in [7, 11) is 0. The Kier molecular flexibility index (Phi) is 3.89. The van der Waals surface area contributed by atoms with E-state index in [1.165, 1.54) is 0 Å². The second-order valence-corrected chi connectivity index (χ2v) is 3.92. The summed E-state index contributed by atoms with van der Waals surface area (Å²) in [5, 5.41) is 9.63. The quantitative estimate of drug-likeness (QED) is 0.671. The van der Waals surface area contributed by atoms with Crippen LogP contribution in [0.15, 0.2) is 0 Å². The minimum absolute atomic E-state index is 0.117. The van der Waals surface area contributed by atoms with Crippen molar-refractivity contribution in [2.45, 2.75) is 45.4 Å². The Morgan fingerprint density at radius 1 is 1.64 bits per heavy atom. The predicted molar refractivity (Wildman–Crippen MR) is 52.9 cm³/mol. The normalized spacial score (nSPS) is 28.4. The fourth-order valence-electron chi connectivity index (χ4n) is 1.80. The van der Waals surface area contributed by atoms with Crippen LogP contribution in [0.2, 0.25) is 0 Å². The lowest BCUT2D eigenvalue weighted by atomic mass is 10.2. The van der Waals surface area contributed by atoms with E-state index < -0.39 is 12.1 Å². The van der Waals surface area contributed by atoms with Crippen LogP contribution in [-0.4, -0.2) is 47.3 Å². The van der Waals surface area contributed by atoms with E-state index in [2.05, 4.69) is 0 Å². The van der Waals surface area contributed by atoms with Crippen LogP contribution in [0.1, 0.15) is 27.2 Å². The molecule has 0 unspecified atom stereocenters. The van der Waals surface area contributed by atoms with Crippen LogP contribution in [0.5, 0.6) is 0 Å². The number of likely N-dealkylation sites (tertiary alicyclic amines) is 1. The molecule has 0 spiro atoms. The van der Waals surface area contributed by atoms with Gasteiger partial charge in [0.1, 0.15) is 6.04 Å². The van der Waals surface area contributed by atoms with Crippen molar-refractivity contribution in [3.05, 3.63) is 0 Å². The molecule has 0 aromatic heterocycles. The maximum atomic E-state index is 11.6. The van der Waals surface area contributed by atoms with E-state index in [-0.39, 0.29) is 12.1 Å². The summed E-state index contributed by atoms with van der Waals surface area (Å²) in [6.45, 7) is 7.16. The Morgan fingerprint density at radius 2 is 2.29 bits per heavy atom. The number of carbonyl (C=O) groups excluding carboxylic acids is 1. The lowest BCUT2D eigenvalue weighted by molar-refractivity contribution is -0.155. The highest BCUT2D eigenvalue weighted by molar-refractivity contribution is 5.77. The molecule has 2 atom stereocenters. The molecule has 0 radical (unpaired) electrons. The van der Waals surface area contributed by atoms with Crippen molar-refractivity contribution in [2.75, 3.05) is 13.1 Å². The average molecular weight is 201 g/mol. The molecule has 0 aromatic rings. The zero-order valence-electron chi connectivity index (χ0n) is 9.06. The number of aliphatic hydroxyl groups is 1. The van der Waals surface area contributed by atoms with Crippen LogP contribution < -0.4 is 0 Å². The Morgan fingerprint density at radius 3 is 2.79 bits per heavy atom. The molecule has 0 saturated carbocycles. The van der Waals surface area contributed by atoms with Gasteiger partial charge in [-0.3, -0.25) is 9.69 Å². The second-order valence-electron chi connectivity index (χ2n) is 3.92. The Labute approximate surface area is 84.8 Å². The average Bonchev–Trinajstić information content (AvgIpc) is 2.45. The lowest BCUT2D eigenvalue weighted by Gasteiger charge is -2.23. The number of likely N-dealkylation sites (N-methyl/N-ethyl adjacent to an activating group) is 1. The standard InChI is InChI=1S/C10H19NO3/c1-4-11-6-5-8(12)9(11)10(13)14-7(2)3/h7-9,12H,4-6H2,1-3H3/t8-,9-/m0/s1. The highest BCUT2D eigenvalue weighted by Gasteiger charge is 2.38. The summed E-state index contributed by atoms with van der Waals surface area (Å²) in [5.41, 5.74) is 0. The van der Waals surface area contributed by atoms with Gasteiger partial charge in [-0.05, 0) is 26.8 Å². The molecular formula is C10H19NO3. The first-order valence-electron chi connectivity index (χ1n) is 5.18. The molecule has 1 heterocycles. The number of hydrogen-bond acceptors (Lipinski definition) is 4. The molecule has 1 saturated heterocycles. The van der Waals surface area contributed by atoms with Gasteiger partial charge in [-0.2, -0.15) is 0 Å². The third-order valence-corrected chi connectivity index (χ3v) is 2.47. The van der Waals surface area contributed by atoms with Crippen molar-refractivity contribution in [3.8, 4) is 0 Å². The van der Waals surface area contributed by atoms with Gasteiger partial charge < -0.3 is 9.84 Å². The van der Waals surface area contributed by atoms with Crippen LogP contribution in [0, 0.1) is 0 Å². The van der Waals surface area contributed by atoms with Crippen LogP contribution in [-0.2, 0) is 9.53 Å². The number of nitrogens with zero attached hydrogens (tertiary/aromatic N) is 1. The van der Waals surface area contributed by atoms with Crippen LogP contribution in [0.25, 0.3) is 0 Å². The van der Waals surface area contributed by atoms with Crippen LogP contribution >= 0.6 is 0 Å². The van der Waals surface area contributed by atoms with Crippen molar-refractivity contribution in [1.82, 2.24) is 4.90 Å². The summed E-state index contributed by atoms with van der Waals surface area (Å²) >= 11 is 0. The minimum Gasteiger partial charge on any atom is -0.462 e. The van der Waals surface area contributed by atoms with Gasteiger partial charge in [-0.25, -0.2) is 0 Å². The smallest absolute Gasteiger partial charge is 0.326 e. The van der Waals surface area contributed by atoms with Crippen molar-refractivity contribution < 1.29 is 14.6 Å². The summed E-state index contributed by atoms with van der Waals surface area (Å²) in [4.78, 5) is 13.6. The first-order valence-corrected chi connectivity index (χ1v) is 5.18. The molecule has 0 aromatic carbocycles. The highest BCUT2D eigenvalue weighted by Crippen LogP contribution is 2.19. The molecule has 4 heteroatoms. The molecule has 1 aliphatic rings. The lowest BCUT2D eigenvalue weighted by Crippen LogP contribution is -2.43. The first kappa shape index (κ1) is 11.5. The minimum atomic E-state index is -0.568. The van der Waals surface area contributed by atoms with Gasteiger partial charge in [0.05, 0.1) is 12.2 Å². The summed E-state index contributed by atoms with van der Waals surface area (Å²) in [5.74, 6) is -0.299. The molecule has 1 fully saturated rings. The van der Waals surface area contributed by atoms with E-state index in [0.29, 0.717) is 6.42 Å². The fraction of sp³-hybridized carbons (Fsp3) is 0.900. The highest BCUT2D eigenvalue weighted by atomic mass is 16.5. The van der Waals surface area contributed by atoms with Crippen molar-refractivity contribution >= 4 is 5.97 Å². The van der Waals surface area contributed by atoms with Gasteiger partial charge >= 0.3 is 5.97 Å². The van der Waals surface area contributed by atoms with Crippen LogP contribution in [0.4, 0.5) is 0 Å². The van der Waals surface area contributed by atoms with E-state index in [1.54, 1.807) is 0 Å². The molecule has 82 valence electrons. The van der Waals surface area contributed by atoms with E-state index in [0.717, 1.165) is 13.1 Å². The number of rotatable bonds is 3. The van der Waals surface area contributed by atoms with Gasteiger partial charge in [0.2, 0.25) is 0 Å². The van der Waals surface area contributed by atoms with Crippen molar-refractivity contribution in [2.24, 2.45) is 0 Å². The molecule has 4 nitrogen and oxygen atoms in total. The second kappa shape index (κ2) is 4.75. The topological polar surface area (TPSA) is 49.8 Å². The molecule has 1 aliphatic heterocycles. The third kappa shape index (κ3) is 2.45. The van der Waals surface area contributed by atoms with Gasteiger partial charge in [0.25, 0.3) is 0 Å². The SMILES string of the molecule is CCN1CC[C@H](O)[C@H]1C(=O)OC(C)C. The molecule has 1 rings (SSSR count). The fourth-order valence-corrected chi connectivity index (χ4v) is 1.80. The number of ether oxygens (including phenoxy) is 1. The molecule has 14 heavy (non-hydrogen) atoms. The summed E-state index contributed by atoms with van der Waals surface area (Å²) < 4.78 is 5.10. The summed E-state index contributed by atoms with van der Waals surface area (Å²) in [6.07, 6.45) is -0.0266. The van der Waals surface area contributed by atoms with E-state index >= 15 is 0 Å². The van der Waals surface area contributed by atoms with E-state index in [4.69, 9.17) is 4.74 Å². The molecule has 0 amide bonds. The van der Waals surface area contributed by atoms with Crippen molar-refractivity contribution in [1.29, 1.82) is 0 Å². The Balaban J connectivity index is 2.59. The monoisotopic (exact) mass is 201 g/mol. The predicted octanol–water partition coefficient (Wildman–Crippen LogP) is 0.393. The van der Waals surface area contributed by atoms with Gasteiger partial charge in [0, 0.05) is 6.54 Å². The largest absolute Gasteiger partial charge is 0.462 e. The number of hydrogen-bond donors (Lipinski definition) is 1. The number of carbonyl (C=O) groups is 1. The third-order valence-electron chi connectivity index (χ3n) is 2.47. The molecule has 0 aliphatic carbocycles. The van der Waals surface area contributed by atoms with Gasteiger partial charge in [-0.15, -0.1) is 0 Å². The maximum Gasteiger partial charge on any atom is 0.326 e. The maximum absolute atomic E-state index is 11.6. The zero-order valence-corrected chi connectivity index (χ0v) is 9.06. The summed E-state index contributed by atoms with van der Waals surface area (Å²) in [6, 6.07) is -0.456. The molecule has 1 N–H and O–H groups in total. The number of aliphatic hydroxyl groups excluding tert-OH is 1. The van der Waals surface area contributed by atoms with Gasteiger partial charge in [-0.1, -0.05) is 6.92 Å². The Hall–Kier alpha value is -0.610. The number of esters is 1. The molecule has 0 bridgehead atoms. The van der Waals surface area contributed by atoms with E-state index in [1.807, 2.05) is 25.7 Å². The van der Waals surface area contributed by atoms with Crippen LogP contribution in [0.3, 0.4) is 0 Å². The zero-order chi connectivity index (χ0) is 10.7. The molecular weight excluding hydrogens is 182 g/mol. The first-order chi connectivity index (χ1) is 6.56. The van der Waals surface area contributed by atoms with E-state index in [9.17, 15) is 9.90 Å². The van der Waals surface area contributed by atoms with Gasteiger partial charge in [0.15, 0.2) is 0 Å². The van der Waals surface area contributed by atoms with Crippen molar-refractivity contribution in [3.63, 3.8) is 0 Å².